The molecule has 0 saturated heterocycles. The summed E-state index contributed by atoms with van der Waals surface area (Å²) in [7, 11) is -3.15. The molecule has 0 bridgehead atoms. The van der Waals surface area contributed by atoms with Crippen molar-refractivity contribution in [3.8, 4) is 22.5 Å². The van der Waals surface area contributed by atoms with Gasteiger partial charge in [-0.05, 0) is 0 Å². The van der Waals surface area contributed by atoms with Gasteiger partial charge in [-0.2, -0.15) is 5.26 Å². The van der Waals surface area contributed by atoms with Gasteiger partial charge in [-0.15, -0.1) is 11.3 Å². The van der Waals surface area contributed by atoms with E-state index >= 15 is 0 Å². The number of aromatic nitrogens is 2. The van der Waals surface area contributed by atoms with E-state index in [1.54, 1.807) is 5.38 Å². The zero-order valence-electron chi connectivity index (χ0n) is 9.86. The lowest BCUT2D eigenvalue weighted by molar-refractivity contribution is 0.475. The van der Waals surface area contributed by atoms with Crippen LogP contribution in [0.25, 0.3) is 10.7 Å². The normalized spacial score (nSPS) is 11.2. The van der Waals surface area contributed by atoms with Crippen LogP contribution in [0.3, 0.4) is 0 Å². The van der Waals surface area contributed by atoms with Gasteiger partial charge in [0, 0.05) is 23.9 Å². The SMILES string of the molecule is CS(=O)(=O)Cc1csc(-c2ncc(C#N)cc2O)n1. The molecule has 2 aromatic rings. The largest absolute Gasteiger partial charge is 0.506 e. The fourth-order valence-electron chi connectivity index (χ4n) is 1.43. The molecule has 2 aromatic heterocycles. The number of thiazole rings is 1. The average Bonchev–Trinajstić information content (AvgIpc) is 2.74. The van der Waals surface area contributed by atoms with Crippen molar-refractivity contribution in [2.45, 2.75) is 5.75 Å². The number of nitrogens with zero attached hydrogens (tertiary/aromatic N) is 3. The second-order valence-corrected chi connectivity index (χ2v) is 6.92. The maximum atomic E-state index is 11.2. The van der Waals surface area contributed by atoms with Crippen LogP contribution in [-0.4, -0.2) is 29.7 Å². The molecule has 0 aromatic carbocycles. The quantitative estimate of drug-likeness (QED) is 0.916. The number of pyridine rings is 1. The van der Waals surface area contributed by atoms with Gasteiger partial charge < -0.3 is 5.11 Å². The number of rotatable bonds is 3. The molecule has 0 spiro atoms. The number of hydrogen-bond donors (Lipinski definition) is 1. The second kappa shape index (κ2) is 4.95. The summed E-state index contributed by atoms with van der Waals surface area (Å²) < 4.78 is 22.3. The molecular weight excluding hydrogens is 286 g/mol. The Morgan fingerprint density at radius 3 is 2.84 bits per heavy atom. The Bertz CT molecular complexity index is 760. The van der Waals surface area contributed by atoms with Crippen LogP contribution in [0.15, 0.2) is 17.6 Å². The minimum atomic E-state index is -3.15. The third kappa shape index (κ3) is 3.27. The van der Waals surface area contributed by atoms with Gasteiger partial charge in [0.2, 0.25) is 0 Å². The summed E-state index contributed by atoms with van der Waals surface area (Å²) in [5.41, 5.74) is 0.894. The van der Waals surface area contributed by atoms with Gasteiger partial charge >= 0.3 is 0 Å². The van der Waals surface area contributed by atoms with E-state index in [1.807, 2.05) is 6.07 Å². The highest BCUT2D eigenvalue weighted by molar-refractivity contribution is 7.89. The second-order valence-electron chi connectivity index (χ2n) is 3.92. The van der Waals surface area contributed by atoms with Crippen molar-refractivity contribution < 1.29 is 13.5 Å². The summed E-state index contributed by atoms with van der Waals surface area (Å²) >= 11 is 1.19. The van der Waals surface area contributed by atoms with E-state index in [2.05, 4.69) is 9.97 Å². The van der Waals surface area contributed by atoms with Crippen molar-refractivity contribution >= 4 is 21.2 Å². The Kier molecular flexibility index (Phi) is 3.50. The van der Waals surface area contributed by atoms with Gasteiger partial charge in [-0.1, -0.05) is 0 Å². The fraction of sp³-hybridized carbons (Fsp3) is 0.182. The third-order valence-electron chi connectivity index (χ3n) is 2.16. The molecule has 0 radical (unpaired) electrons. The van der Waals surface area contributed by atoms with Gasteiger partial charge in [0.25, 0.3) is 0 Å². The number of aromatic hydroxyl groups is 1. The molecule has 0 aliphatic heterocycles. The van der Waals surface area contributed by atoms with Crippen LogP contribution in [0.5, 0.6) is 5.75 Å². The van der Waals surface area contributed by atoms with Gasteiger partial charge in [-0.3, -0.25) is 0 Å². The van der Waals surface area contributed by atoms with E-state index in [-0.39, 0.29) is 22.8 Å². The maximum Gasteiger partial charge on any atom is 0.153 e. The lowest BCUT2D eigenvalue weighted by atomic mass is 10.2. The number of hydrogen-bond acceptors (Lipinski definition) is 7. The molecule has 98 valence electrons. The molecule has 0 saturated carbocycles. The van der Waals surface area contributed by atoms with Crippen molar-refractivity contribution in [2.24, 2.45) is 0 Å². The van der Waals surface area contributed by atoms with Crippen LogP contribution in [-0.2, 0) is 15.6 Å². The Balaban J connectivity index is 2.36. The summed E-state index contributed by atoms with van der Waals surface area (Å²) in [6.07, 6.45) is 2.45. The van der Waals surface area contributed by atoms with Gasteiger partial charge in [-0.25, -0.2) is 18.4 Å². The van der Waals surface area contributed by atoms with E-state index in [0.29, 0.717) is 10.7 Å². The van der Waals surface area contributed by atoms with Crippen LogP contribution in [0.4, 0.5) is 0 Å². The summed E-state index contributed by atoms with van der Waals surface area (Å²) in [5, 5.41) is 20.5. The number of sulfone groups is 1. The van der Waals surface area contributed by atoms with Gasteiger partial charge in [0.15, 0.2) is 9.84 Å². The van der Waals surface area contributed by atoms with E-state index in [1.165, 1.54) is 23.6 Å². The topological polar surface area (TPSA) is 104 Å². The molecular formula is C11H9N3O3S2. The third-order valence-corrected chi connectivity index (χ3v) is 3.88. The minimum Gasteiger partial charge on any atom is -0.506 e. The molecule has 6 nitrogen and oxygen atoms in total. The Labute approximate surface area is 113 Å². The summed E-state index contributed by atoms with van der Waals surface area (Å²) in [6, 6.07) is 3.16. The Morgan fingerprint density at radius 1 is 1.53 bits per heavy atom. The molecule has 0 aliphatic carbocycles. The predicted molar refractivity (Wildman–Crippen MR) is 70.3 cm³/mol. The zero-order valence-corrected chi connectivity index (χ0v) is 11.5. The van der Waals surface area contributed by atoms with Crippen molar-refractivity contribution in [3.05, 3.63) is 28.9 Å². The smallest absolute Gasteiger partial charge is 0.153 e. The molecule has 0 aliphatic rings. The van der Waals surface area contributed by atoms with Gasteiger partial charge in [0.05, 0.1) is 17.0 Å². The first-order valence-electron chi connectivity index (χ1n) is 5.10. The van der Waals surface area contributed by atoms with E-state index < -0.39 is 9.84 Å². The summed E-state index contributed by atoms with van der Waals surface area (Å²) in [5.74, 6) is -0.306. The van der Waals surface area contributed by atoms with Crippen molar-refractivity contribution in [2.75, 3.05) is 6.26 Å². The lowest BCUT2D eigenvalue weighted by Crippen LogP contribution is -2.00. The summed E-state index contributed by atoms with van der Waals surface area (Å²) in [4.78, 5) is 8.07. The molecule has 8 heteroatoms. The van der Waals surface area contributed by atoms with Crippen molar-refractivity contribution in [1.82, 2.24) is 9.97 Å². The highest BCUT2D eigenvalue weighted by Gasteiger charge is 2.14. The first-order chi connectivity index (χ1) is 8.89. The first kappa shape index (κ1) is 13.5. The van der Waals surface area contributed by atoms with E-state index in [0.717, 1.165) is 6.26 Å². The summed E-state index contributed by atoms with van der Waals surface area (Å²) in [6.45, 7) is 0. The van der Waals surface area contributed by atoms with Crippen molar-refractivity contribution in [3.63, 3.8) is 0 Å². The first-order valence-corrected chi connectivity index (χ1v) is 8.04. The monoisotopic (exact) mass is 295 g/mol. The predicted octanol–water partition coefficient (Wildman–Crippen LogP) is 1.33. The zero-order chi connectivity index (χ0) is 14.0. The van der Waals surface area contributed by atoms with Crippen molar-refractivity contribution in [1.29, 1.82) is 5.26 Å². The van der Waals surface area contributed by atoms with Crippen LogP contribution < -0.4 is 0 Å². The molecule has 0 atom stereocenters. The lowest BCUT2D eigenvalue weighted by Gasteiger charge is -1.99. The molecule has 2 heterocycles. The minimum absolute atomic E-state index is 0.152. The highest BCUT2D eigenvalue weighted by atomic mass is 32.2. The van der Waals surface area contributed by atoms with Crippen LogP contribution >= 0.6 is 11.3 Å². The highest BCUT2D eigenvalue weighted by Crippen LogP contribution is 2.30. The Hall–Kier alpha value is -1.98. The average molecular weight is 295 g/mol. The van der Waals surface area contributed by atoms with Gasteiger partial charge in [0.1, 0.15) is 22.5 Å². The standard InChI is InChI=1S/C11H9N3O3S2/c1-19(16,17)6-8-5-18-11(14-8)10-9(15)2-7(3-12)4-13-10/h2,4-5,15H,6H2,1H3. The van der Waals surface area contributed by atoms with E-state index in [4.69, 9.17) is 5.26 Å². The molecule has 1 N–H and O–H groups in total. The fourth-order valence-corrected chi connectivity index (χ4v) is 3.04. The van der Waals surface area contributed by atoms with E-state index in [9.17, 15) is 13.5 Å². The maximum absolute atomic E-state index is 11.2. The molecule has 19 heavy (non-hydrogen) atoms. The molecule has 0 amide bonds. The molecule has 0 fully saturated rings. The molecule has 0 unspecified atom stereocenters. The number of nitriles is 1. The van der Waals surface area contributed by atoms with Crippen LogP contribution in [0.1, 0.15) is 11.3 Å². The molecule has 2 rings (SSSR count). The van der Waals surface area contributed by atoms with Crippen LogP contribution in [0, 0.1) is 11.3 Å². The van der Waals surface area contributed by atoms with Crippen LogP contribution in [0.2, 0.25) is 0 Å². The Morgan fingerprint density at radius 2 is 2.26 bits per heavy atom.